The van der Waals surface area contributed by atoms with Crippen LogP contribution in [0.5, 0.6) is 5.75 Å². The Hall–Kier alpha value is -1.88. The van der Waals surface area contributed by atoms with Gasteiger partial charge in [-0.15, -0.1) is 13.2 Å². The Morgan fingerprint density at radius 2 is 1.88 bits per heavy atom. The molecule has 2 bridgehead atoms. The molecule has 4 fully saturated rings. The summed E-state index contributed by atoms with van der Waals surface area (Å²) >= 11 is 5.97. The second-order valence-corrected chi connectivity index (χ2v) is 10.6. The molecule has 4 aliphatic carbocycles. The molecule has 1 aromatic carbocycles. The number of carbonyl (C=O) groups excluding carboxylic acids is 2. The van der Waals surface area contributed by atoms with Crippen molar-refractivity contribution in [2.45, 2.75) is 81.3 Å². The molecule has 0 unspecified atom stereocenters. The molecule has 34 heavy (non-hydrogen) atoms. The van der Waals surface area contributed by atoms with Crippen LogP contribution >= 0.6 is 11.6 Å². The van der Waals surface area contributed by atoms with Gasteiger partial charge in [-0.1, -0.05) is 11.6 Å². The molecule has 1 heterocycles. The minimum absolute atomic E-state index is 0.0665. The SMILES string of the molecule is O=C(COC1CC(OC(F)(F)F)C1)NC12CC(CC(=O)[C@@H]3C[C@H](O)c4cc(Cl)ccc4O3)(C1)C2. The molecule has 2 N–H and O–H groups in total. The Labute approximate surface area is 198 Å². The summed E-state index contributed by atoms with van der Waals surface area (Å²) in [7, 11) is 0. The number of rotatable bonds is 8. The zero-order valence-corrected chi connectivity index (χ0v) is 19.0. The lowest BCUT2D eigenvalue weighted by Gasteiger charge is -2.70. The quantitative estimate of drug-likeness (QED) is 0.563. The number of aliphatic hydroxyl groups is 1. The predicted octanol–water partition coefficient (Wildman–Crippen LogP) is 3.61. The molecule has 0 saturated heterocycles. The van der Waals surface area contributed by atoms with E-state index in [4.69, 9.17) is 21.1 Å². The number of amides is 1. The summed E-state index contributed by atoms with van der Waals surface area (Å²) in [5, 5.41) is 13.8. The maximum atomic E-state index is 12.9. The van der Waals surface area contributed by atoms with E-state index in [2.05, 4.69) is 10.1 Å². The number of Topliss-reactive ketones (excluding diaryl/α,β-unsaturated/α-hetero) is 1. The fourth-order valence-electron chi connectivity index (χ4n) is 5.88. The molecular weight excluding hydrogens is 479 g/mol. The van der Waals surface area contributed by atoms with Gasteiger partial charge in [0.05, 0.1) is 18.3 Å². The van der Waals surface area contributed by atoms with E-state index in [1.54, 1.807) is 18.2 Å². The van der Waals surface area contributed by atoms with Crippen LogP contribution in [0.15, 0.2) is 18.2 Å². The molecule has 1 aliphatic heterocycles. The van der Waals surface area contributed by atoms with E-state index < -0.39 is 30.8 Å². The highest BCUT2D eigenvalue weighted by Gasteiger charge is 2.68. The van der Waals surface area contributed by atoms with Crippen LogP contribution in [0.25, 0.3) is 0 Å². The second-order valence-electron chi connectivity index (χ2n) is 10.1. The highest BCUT2D eigenvalue weighted by atomic mass is 35.5. The number of aliphatic hydroxyl groups excluding tert-OH is 1. The minimum Gasteiger partial charge on any atom is -0.482 e. The summed E-state index contributed by atoms with van der Waals surface area (Å²) < 4.78 is 51.5. The topological polar surface area (TPSA) is 94.1 Å². The molecular formula is C23H25ClF3NO6. The first-order valence-electron chi connectivity index (χ1n) is 11.3. The third-order valence-electron chi connectivity index (χ3n) is 7.29. The molecule has 1 aromatic rings. The van der Waals surface area contributed by atoms with Gasteiger partial charge in [-0.05, 0) is 42.9 Å². The third kappa shape index (κ3) is 4.78. The summed E-state index contributed by atoms with van der Waals surface area (Å²) in [4.78, 5) is 25.1. The minimum atomic E-state index is -4.66. The zero-order chi connectivity index (χ0) is 24.3. The van der Waals surface area contributed by atoms with E-state index in [1.807, 2.05) is 0 Å². The summed E-state index contributed by atoms with van der Waals surface area (Å²) in [5.41, 5.74) is 0.0883. The van der Waals surface area contributed by atoms with Gasteiger partial charge in [0.15, 0.2) is 11.9 Å². The molecule has 0 radical (unpaired) electrons. The van der Waals surface area contributed by atoms with Gasteiger partial charge < -0.3 is 19.9 Å². The van der Waals surface area contributed by atoms with Crippen LogP contribution in [-0.2, 0) is 19.1 Å². The average molecular weight is 504 g/mol. The molecule has 0 aromatic heterocycles. The summed E-state index contributed by atoms with van der Waals surface area (Å²) in [6, 6.07) is 4.94. The van der Waals surface area contributed by atoms with E-state index >= 15 is 0 Å². The number of ketones is 1. The van der Waals surface area contributed by atoms with Crippen molar-refractivity contribution >= 4 is 23.3 Å². The van der Waals surface area contributed by atoms with Crippen molar-refractivity contribution in [3.8, 4) is 5.75 Å². The Balaban J connectivity index is 1.03. The van der Waals surface area contributed by atoms with Crippen molar-refractivity contribution in [1.82, 2.24) is 5.32 Å². The van der Waals surface area contributed by atoms with Crippen LogP contribution < -0.4 is 10.1 Å². The van der Waals surface area contributed by atoms with Gasteiger partial charge in [-0.2, -0.15) is 0 Å². The second kappa shape index (κ2) is 8.36. The smallest absolute Gasteiger partial charge is 0.482 e. The third-order valence-corrected chi connectivity index (χ3v) is 7.53. The van der Waals surface area contributed by atoms with Crippen molar-refractivity contribution in [1.29, 1.82) is 0 Å². The molecule has 7 nitrogen and oxygen atoms in total. The highest BCUT2D eigenvalue weighted by Crippen LogP contribution is 2.69. The number of benzene rings is 1. The Kier molecular flexibility index (Phi) is 5.86. The van der Waals surface area contributed by atoms with Crippen LogP contribution in [0.3, 0.4) is 0 Å². The number of carbonyl (C=O) groups is 2. The maximum absolute atomic E-state index is 12.9. The Morgan fingerprint density at radius 1 is 1.18 bits per heavy atom. The van der Waals surface area contributed by atoms with Gasteiger partial charge >= 0.3 is 6.36 Å². The van der Waals surface area contributed by atoms with Gasteiger partial charge in [-0.3, -0.25) is 14.3 Å². The fraction of sp³-hybridized carbons (Fsp3) is 0.652. The van der Waals surface area contributed by atoms with Crippen molar-refractivity contribution < 1.29 is 42.1 Å². The van der Waals surface area contributed by atoms with Gasteiger partial charge in [0.1, 0.15) is 12.4 Å². The van der Waals surface area contributed by atoms with Crippen LogP contribution in [0, 0.1) is 5.41 Å². The number of hydrogen-bond acceptors (Lipinski definition) is 6. The number of nitrogens with one attached hydrogen (secondary N) is 1. The molecule has 0 spiro atoms. The monoisotopic (exact) mass is 503 g/mol. The normalized spacial score (nSPS) is 35.7. The lowest BCUT2D eigenvalue weighted by atomic mass is 9.38. The van der Waals surface area contributed by atoms with E-state index in [9.17, 15) is 27.9 Å². The maximum Gasteiger partial charge on any atom is 0.522 e. The molecule has 2 atom stereocenters. The van der Waals surface area contributed by atoms with Crippen molar-refractivity contribution in [2.75, 3.05) is 6.61 Å². The summed E-state index contributed by atoms with van der Waals surface area (Å²) in [6.45, 7) is -0.214. The first-order chi connectivity index (χ1) is 15.9. The number of ether oxygens (including phenoxy) is 3. The average Bonchev–Trinajstić information content (AvgIpc) is 2.66. The summed E-state index contributed by atoms with van der Waals surface area (Å²) in [5.74, 6) is 0.0858. The van der Waals surface area contributed by atoms with E-state index in [0.29, 0.717) is 42.0 Å². The van der Waals surface area contributed by atoms with Crippen molar-refractivity contribution in [3.05, 3.63) is 28.8 Å². The lowest BCUT2D eigenvalue weighted by molar-refractivity contribution is -0.357. The van der Waals surface area contributed by atoms with Crippen molar-refractivity contribution in [2.24, 2.45) is 5.41 Å². The predicted molar refractivity (Wildman–Crippen MR) is 112 cm³/mol. The number of halogens is 4. The Bertz CT molecular complexity index is 976. The van der Waals surface area contributed by atoms with E-state index in [1.165, 1.54) is 0 Å². The first-order valence-corrected chi connectivity index (χ1v) is 11.7. The molecule has 11 heteroatoms. The largest absolute Gasteiger partial charge is 0.522 e. The Morgan fingerprint density at radius 3 is 2.56 bits per heavy atom. The van der Waals surface area contributed by atoms with Gasteiger partial charge in [-0.25, -0.2) is 0 Å². The molecule has 6 rings (SSSR count). The van der Waals surface area contributed by atoms with Crippen LogP contribution in [0.2, 0.25) is 5.02 Å². The van der Waals surface area contributed by atoms with Gasteiger partial charge in [0, 0.05) is 41.8 Å². The molecule has 5 aliphatic rings. The zero-order valence-electron chi connectivity index (χ0n) is 18.2. The first kappa shape index (κ1) is 23.8. The van der Waals surface area contributed by atoms with Crippen LogP contribution in [0.1, 0.15) is 56.6 Å². The van der Waals surface area contributed by atoms with Crippen molar-refractivity contribution in [3.63, 3.8) is 0 Å². The number of alkyl halides is 3. The fourth-order valence-corrected chi connectivity index (χ4v) is 6.06. The van der Waals surface area contributed by atoms with E-state index in [0.717, 1.165) is 0 Å². The van der Waals surface area contributed by atoms with Crippen LogP contribution in [0.4, 0.5) is 13.2 Å². The molecule has 186 valence electrons. The van der Waals surface area contributed by atoms with E-state index in [-0.39, 0.29) is 48.5 Å². The summed E-state index contributed by atoms with van der Waals surface area (Å²) in [6.07, 6.45) is -4.75. The van der Waals surface area contributed by atoms with Gasteiger partial charge in [0.25, 0.3) is 0 Å². The molecule has 1 amide bonds. The lowest BCUT2D eigenvalue weighted by Crippen LogP contribution is -2.75. The standard InChI is InChI=1S/C23H25ClF3NO6/c24-12-1-2-18-15(3-12)16(29)6-19(33-18)17(30)7-21-9-22(10-21,11-21)28-20(31)8-32-13-4-14(5-13)34-23(25,26)27/h1-3,13-14,16,19,29H,4-11H2,(H,28,31)/t13?,14?,16-,19-,21?,22?/m0/s1. The number of hydrogen-bond donors (Lipinski definition) is 2. The van der Waals surface area contributed by atoms with Gasteiger partial charge in [0.2, 0.25) is 5.91 Å². The highest BCUT2D eigenvalue weighted by molar-refractivity contribution is 6.30. The van der Waals surface area contributed by atoms with Crippen LogP contribution in [-0.4, -0.2) is 53.6 Å². The molecule has 4 saturated carbocycles. The number of fused-ring (bicyclic) bond motifs is 1.